The summed E-state index contributed by atoms with van der Waals surface area (Å²) < 4.78 is 9.15. The smallest absolute Gasteiger partial charge is 0.330 e. The average Bonchev–Trinajstić information content (AvgIpc) is 3.47. The Labute approximate surface area is 185 Å². The van der Waals surface area contributed by atoms with Gasteiger partial charge >= 0.3 is 5.69 Å². The van der Waals surface area contributed by atoms with Crippen LogP contribution in [0.1, 0.15) is 31.7 Å². The molecule has 4 aromatic rings. The van der Waals surface area contributed by atoms with Crippen molar-refractivity contribution in [1.82, 2.24) is 24.3 Å². The highest BCUT2D eigenvalue weighted by atomic mass is 16.5. The van der Waals surface area contributed by atoms with Gasteiger partial charge < -0.3 is 9.64 Å². The zero-order valence-electron chi connectivity index (χ0n) is 18.2. The summed E-state index contributed by atoms with van der Waals surface area (Å²) in [6, 6.07) is 10.4. The fraction of sp³-hybridized carbons (Fsp3) is 0.417. The summed E-state index contributed by atoms with van der Waals surface area (Å²) >= 11 is 0. The average molecular weight is 431 g/mol. The number of nitrogens with zero attached hydrogens (tertiary/aromatic N) is 6. The zero-order valence-corrected chi connectivity index (χ0v) is 18.2. The van der Waals surface area contributed by atoms with Crippen LogP contribution in [0.15, 0.2) is 41.3 Å². The van der Waals surface area contributed by atoms with Crippen molar-refractivity contribution in [3.63, 3.8) is 0 Å². The molecule has 2 aliphatic heterocycles. The summed E-state index contributed by atoms with van der Waals surface area (Å²) in [5.41, 5.74) is 4.24. The third-order valence-electron chi connectivity index (χ3n) is 6.78. The van der Waals surface area contributed by atoms with E-state index in [1.807, 2.05) is 22.9 Å². The molecule has 0 aliphatic carbocycles. The van der Waals surface area contributed by atoms with Crippen molar-refractivity contribution in [1.29, 1.82) is 0 Å². The van der Waals surface area contributed by atoms with Crippen LogP contribution >= 0.6 is 0 Å². The van der Waals surface area contributed by atoms with E-state index in [-0.39, 0.29) is 11.7 Å². The normalized spacial score (nSPS) is 19.3. The number of hydrogen-bond donors (Lipinski definition) is 0. The Hall–Kier alpha value is -3.26. The molecule has 2 saturated heterocycles. The number of fused-ring (bicyclic) bond motifs is 3. The summed E-state index contributed by atoms with van der Waals surface area (Å²) in [5.74, 6) is 1.04. The van der Waals surface area contributed by atoms with Crippen LogP contribution in [0.4, 0.5) is 5.82 Å². The molecular formula is C24H26N6O2. The summed E-state index contributed by atoms with van der Waals surface area (Å²) in [4.78, 5) is 20.2. The van der Waals surface area contributed by atoms with Crippen LogP contribution in [0.3, 0.4) is 0 Å². The van der Waals surface area contributed by atoms with Gasteiger partial charge in [0.15, 0.2) is 5.65 Å². The van der Waals surface area contributed by atoms with E-state index in [2.05, 4.69) is 33.3 Å². The van der Waals surface area contributed by atoms with Crippen molar-refractivity contribution in [2.45, 2.75) is 31.7 Å². The van der Waals surface area contributed by atoms with Crippen molar-refractivity contribution < 1.29 is 4.74 Å². The van der Waals surface area contributed by atoms with Gasteiger partial charge in [-0.05, 0) is 55.5 Å². The topological polar surface area (TPSA) is 78.1 Å². The Bertz CT molecular complexity index is 1350. The molecule has 0 unspecified atom stereocenters. The van der Waals surface area contributed by atoms with Crippen molar-refractivity contribution in [2.24, 2.45) is 7.05 Å². The molecule has 2 fully saturated rings. The number of anilines is 1. The van der Waals surface area contributed by atoms with E-state index in [1.54, 1.807) is 11.6 Å². The molecule has 0 spiro atoms. The molecule has 164 valence electrons. The summed E-state index contributed by atoms with van der Waals surface area (Å²) in [7, 11) is 1.76. The highest BCUT2D eigenvalue weighted by Crippen LogP contribution is 2.31. The van der Waals surface area contributed by atoms with Gasteiger partial charge in [0.2, 0.25) is 0 Å². The number of ether oxygens (including phenoxy) is 1. The Balaban J connectivity index is 1.49. The Kier molecular flexibility index (Phi) is 4.68. The number of hydrogen-bond acceptors (Lipinski definition) is 6. The Morgan fingerprint density at radius 2 is 1.88 bits per heavy atom. The van der Waals surface area contributed by atoms with E-state index in [1.165, 1.54) is 12.8 Å². The second kappa shape index (κ2) is 7.70. The minimum atomic E-state index is -0.0701. The molecule has 6 rings (SSSR count). The molecule has 1 atom stereocenters. The van der Waals surface area contributed by atoms with E-state index >= 15 is 0 Å². The molecule has 8 heteroatoms. The quantitative estimate of drug-likeness (QED) is 0.496. The summed E-state index contributed by atoms with van der Waals surface area (Å²) in [6.07, 6.45) is 6.27. The van der Waals surface area contributed by atoms with Gasteiger partial charge in [-0.3, -0.25) is 9.13 Å². The molecule has 3 aromatic heterocycles. The Morgan fingerprint density at radius 1 is 1.03 bits per heavy atom. The molecule has 0 saturated carbocycles. The second-order valence-electron chi connectivity index (χ2n) is 8.79. The largest absolute Gasteiger partial charge is 0.379 e. The van der Waals surface area contributed by atoms with Crippen molar-refractivity contribution in [3.8, 4) is 11.1 Å². The molecule has 0 radical (unpaired) electrons. The molecule has 32 heavy (non-hydrogen) atoms. The van der Waals surface area contributed by atoms with Crippen LogP contribution in [0.5, 0.6) is 0 Å². The first-order valence-electron chi connectivity index (χ1n) is 11.4. The van der Waals surface area contributed by atoms with Crippen LogP contribution < -0.4 is 10.6 Å². The molecule has 0 amide bonds. The predicted molar refractivity (Wildman–Crippen MR) is 124 cm³/mol. The third kappa shape index (κ3) is 3.09. The molecule has 0 N–H and O–H groups in total. The number of aromatic nitrogens is 5. The monoisotopic (exact) mass is 430 g/mol. The predicted octanol–water partition coefficient (Wildman–Crippen LogP) is 3.30. The van der Waals surface area contributed by atoms with E-state index in [0.717, 1.165) is 65.9 Å². The molecule has 0 bridgehead atoms. The number of pyridine rings is 1. The maximum Gasteiger partial charge on any atom is 0.330 e. The van der Waals surface area contributed by atoms with Crippen LogP contribution in [0, 0.1) is 0 Å². The van der Waals surface area contributed by atoms with Gasteiger partial charge in [-0.25, -0.2) is 9.78 Å². The first-order chi connectivity index (χ1) is 15.7. The highest BCUT2D eigenvalue weighted by Gasteiger charge is 2.24. The fourth-order valence-electron chi connectivity index (χ4n) is 5.03. The van der Waals surface area contributed by atoms with Gasteiger partial charge in [-0.2, -0.15) is 0 Å². The van der Waals surface area contributed by atoms with Gasteiger partial charge in [-0.1, -0.05) is 6.07 Å². The lowest BCUT2D eigenvalue weighted by Crippen LogP contribution is -2.31. The first kappa shape index (κ1) is 19.4. The lowest BCUT2D eigenvalue weighted by molar-refractivity contribution is 0.0593. The van der Waals surface area contributed by atoms with E-state index < -0.39 is 0 Å². The Morgan fingerprint density at radius 3 is 2.62 bits per heavy atom. The van der Waals surface area contributed by atoms with Crippen molar-refractivity contribution in [3.05, 3.63) is 47.0 Å². The summed E-state index contributed by atoms with van der Waals surface area (Å²) in [5, 5.41) is 9.70. The van der Waals surface area contributed by atoms with Crippen LogP contribution in [-0.2, 0) is 11.8 Å². The molecule has 5 heterocycles. The molecule has 1 aromatic carbocycles. The van der Waals surface area contributed by atoms with E-state index in [0.29, 0.717) is 12.3 Å². The number of benzene rings is 1. The fourth-order valence-corrected chi connectivity index (χ4v) is 5.03. The SMILES string of the molecule is Cn1c(=O)n([C@@H]2CCCOC2)c2c3cc(-c4ccc(N5CCCC5)nc4)ccc3nnc21. The minimum Gasteiger partial charge on any atom is -0.379 e. The second-order valence-corrected chi connectivity index (χ2v) is 8.79. The minimum absolute atomic E-state index is 0.0115. The zero-order chi connectivity index (χ0) is 21.7. The van der Waals surface area contributed by atoms with E-state index in [4.69, 9.17) is 9.72 Å². The van der Waals surface area contributed by atoms with Gasteiger partial charge in [0.05, 0.1) is 18.2 Å². The number of aryl methyl sites for hydroxylation is 1. The van der Waals surface area contributed by atoms with Gasteiger partial charge in [0.25, 0.3) is 0 Å². The van der Waals surface area contributed by atoms with Crippen molar-refractivity contribution in [2.75, 3.05) is 31.2 Å². The molecule has 2 aliphatic rings. The molecule has 8 nitrogen and oxygen atoms in total. The van der Waals surface area contributed by atoms with Gasteiger partial charge in [0, 0.05) is 43.9 Å². The van der Waals surface area contributed by atoms with Crippen LogP contribution in [-0.4, -0.2) is 50.6 Å². The lowest BCUT2D eigenvalue weighted by Gasteiger charge is -2.23. The lowest BCUT2D eigenvalue weighted by atomic mass is 10.0. The highest BCUT2D eigenvalue weighted by molar-refractivity contribution is 6.02. The maximum atomic E-state index is 13.1. The summed E-state index contributed by atoms with van der Waals surface area (Å²) in [6.45, 7) is 3.45. The van der Waals surface area contributed by atoms with Gasteiger partial charge in [0.1, 0.15) is 11.3 Å². The van der Waals surface area contributed by atoms with Crippen LogP contribution in [0.25, 0.3) is 33.2 Å². The maximum absolute atomic E-state index is 13.1. The van der Waals surface area contributed by atoms with Crippen molar-refractivity contribution >= 4 is 27.9 Å². The third-order valence-corrected chi connectivity index (χ3v) is 6.78. The van der Waals surface area contributed by atoms with E-state index in [9.17, 15) is 4.79 Å². The van der Waals surface area contributed by atoms with Gasteiger partial charge in [-0.15, -0.1) is 10.2 Å². The number of rotatable bonds is 3. The molecular weight excluding hydrogens is 404 g/mol. The standard InChI is InChI=1S/C24H26N6O2/c1-28-23-22(30(24(28)31)18-5-4-12-32-15-18)19-13-16(6-8-20(19)26-27-23)17-7-9-21(25-14-17)29-10-2-3-11-29/h6-9,13-14,18H,2-5,10-12,15H2,1H3/t18-/m1/s1. The van der Waals surface area contributed by atoms with Crippen LogP contribution in [0.2, 0.25) is 0 Å². The first-order valence-corrected chi connectivity index (χ1v) is 11.4. The number of imidazole rings is 1.